The van der Waals surface area contributed by atoms with E-state index in [1.54, 1.807) is 6.07 Å². The molecule has 0 spiro atoms. The second-order valence-electron chi connectivity index (χ2n) is 4.32. The van der Waals surface area contributed by atoms with Crippen LogP contribution >= 0.6 is 11.6 Å². The van der Waals surface area contributed by atoms with Crippen molar-refractivity contribution in [2.45, 2.75) is 27.0 Å². The molecule has 2 rings (SSSR count). The molecule has 0 unspecified atom stereocenters. The number of aryl methyl sites for hydroxylation is 1. The molecule has 0 atom stereocenters. The maximum absolute atomic E-state index is 6.03. The van der Waals surface area contributed by atoms with Crippen molar-refractivity contribution in [3.8, 4) is 5.75 Å². The van der Waals surface area contributed by atoms with E-state index in [0.29, 0.717) is 17.4 Å². The molecule has 2 aromatic rings. The Morgan fingerprint density at radius 1 is 1.32 bits per heavy atom. The zero-order valence-corrected chi connectivity index (χ0v) is 12.0. The molecule has 3 nitrogen and oxygen atoms in total. The van der Waals surface area contributed by atoms with Crippen LogP contribution in [0.4, 0.5) is 0 Å². The number of hydrogen-bond donors (Lipinski definition) is 1. The zero-order chi connectivity index (χ0) is 13.7. The van der Waals surface area contributed by atoms with E-state index in [2.05, 4.69) is 12.2 Å². The highest BCUT2D eigenvalue weighted by Gasteiger charge is 2.08. The van der Waals surface area contributed by atoms with Gasteiger partial charge in [-0.25, -0.2) is 0 Å². The quantitative estimate of drug-likeness (QED) is 0.870. The molecular formula is C15H18ClNO2. The fourth-order valence-electron chi connectivity index (χ4n) is 1.79. The summed E-state index contributed by atoms with van der Waals surface area (Å²) >= 11 is 6.03. The van der Waals surface area contributed by atoms with Crippen molar-refractivity contribution in [2.24, 2.45) is 0 Å². The molecule has 1 aromatic heterocycles. The van der Waals surface area contributed by atoms with Crippen molar-refractivity contribution in [1.29, 1.82) is 0 Å². The molecule has 0 radical (unpaired) electrons. The molecule has 0 fully saturated rings. The smallest absolute Gasteiger partial charge is 0.146 e. The first-order valence-corrected chi connectivity index (χ1v) is 6.74. The van der Waals surface area contributed by atoms with Gasteiger partial charge in [-0.05, 0) is 37.2 Å². The van der Waals surface area contributed by atoms with Gasteiger partial charge in [0.25, 0.3) is 0 Å². The number of halogens is 1. The Balaban J connectivity index is 1.98. The molecule has 0 saturated heterocycles. The predicted molar refractivity (Wildman–Crippen MR) is 76.6 cm³/mol. The van der Waals surface area contributed by atoms with Crippen LogP contribution in [0.5, 0.6) is 5.75 Å². The standard InChI is InChI=1S/C15H18ClNO2/c1-3-17-9-15-11(2)8-12(19-15)10-18-14-7-5-4-6-13(14)16/h4-8,17H,3,9-10H2,1-2H3. The number of rotatable bonds is 6. The number of hydrogen-bond acceptors (Lipinski definition) is 3. The number of ether oxygens (including phenoxy) is 1. The minimum absolute atomic E-state index is 0.386. The van der Waals surface area contributed by atoms with E-state index in [1.807, 2.05) is 31.2 Å². The Bertz CT molecular complexity index is 537. The summed E-state index contributed by atoms with van der Waals surface area (Å²) in [4.78, 5) is 0. The second-order valence-corrected chi connectivity index (χ2v) is 4.73. The van der Waals surface area contributed by atoms with Crippen molar-refractivity contribution in [3.63, 3.8) is 0 Å². The zero-order valence-electron chi connectivity index (χ0n) is 11.2. The van der Waals surface area contributed by atoms with Crippen molar-refractivity contribution in [3.05, 3.63) is 52.4 Å². The van der Waals surface area contributed by atoms with Crippen LogP contribution in [-0.2, 0) is 13.2 Å². The number of furan rings is 1. The highest BCUT2D eigenvalue weighted by molar-refractivity contribution is 6.32. The summed E-state index contributed by atoms with van der Waals surface area (Å²) in [6.07, 6.45) is 0. The average Bonchev–Trinajstić information content (AvgIpc) is 2.76. The van der Waals surface area contributed by atoms with E-state index < -0.39 is 0 Å². The van der Waals surface area contributed by atoms with E-state index in [0.717, 1.165) is 30.2 Å². The van der Waals surface area contributed by atoms with Crippen molar-refractivity contribution < 1.29 is 9.15 Å². The summed E-state index contributed by atoms with van der Waals surface area (Å²) in [7, 11) is 0. The molecule has 102 valence electrons. The van der Waals surface area contributed by atoms with Gasteiger partial charge in [0, 0.05) is 0 Å². The van der Waals surface area contributed by atoms with Crippen LogP contribution < -0.4 is 10.1 Å². The van der Waals surface area contributed by atoms with Gasteiger partial charge in [-0.3, -0.25) is 0 Å². The summed E-state index contributed by atoms with van der Waals surface area (Å²) in [6, 6.07) is 9.42. The Kier molecular flexibility index (Phi) is 4.88. The fourth-order valence-corrected chi connectivity index (χ4v) is 1.98. The first-order valence-electron chi connectivity index (χ1n) is 6.37. The molecule has 0 aliphatic carbocycles. The van der Waals surface area contributed by atoms with Gasteiger partial charge < -0.3 is 14.5 Å². The normalized spacial score (nSPS) is 10.7. The van der Waals surface area contributed by atoms with Gasteiger partial charge >= 0.3 is 0 Å². The Morgan fingerprint density at radius 2 is 2.11 bits per heavy atom. The average molecular weight is 280 g/mol. The minimum Gasteiger partial charge on any atom is -0.484 e. The van der Waals surface area contributed by atoms with Crippen LogP contribution in [0.25, 0.3) is 0 Å². The molecule has 19 heavy (non-hydrogen) atoms. The summed E-state index contributed by atoms with van der Waals surface area (Å²) < 4.78 is 11.4. The fraction of sp³-hybridized carbons (Fsp3) is 0.333. The Hall–Kier alpha value is -1.45. The van der Waals surface area contributed by atoms with E-state index >= 15 is 0 Å². The highest BCUT2D eigenvalue weighted by atomic mass is 35.5. The summed E-state index contributed by atoms with van der Waals surface area (Å²) in [5.74, 6) is 2.44. The van der Waals surface area contributed by atoms with Crippen LogP contribution in [-0.4, -0.2) is 6.54 Å². The Labute approximate surface area is 118 Å². The van der Waals surface area contributed by atoms with Gasteiger partial charge in [0.05, 0.1) is 11.6 Å². The molecule has 0 amide bonds. The van der Waals surface area contributed by atoms with E-state index in [-0.39, 0.29) is 0 Å². The van der Waals surface area contributed by atoms with Gasteiger partial charge in [-0.15, -0.1) is 0 Å². The van der Waals surface area contributed by atoms with Gasteiger partial charge in [0.15, 0.2) is 0 Å². The lowest BCUT2D eigenvalue weighted by molar-refractivity contribution is 0.265. The maximum atomic E-state index is 6.03. The highest BCUT2D eigenvalue weighted by Crippen LogP contribution is 2.24. The molecule has 1 heterocycles. The lowest BCUT2D eigenvalue weighted by Gasteiger charge is -2.05. The Morgan fingerprint density at radius 3 is 2.84 bits per heavy atom. The number of nitrogens with one attached hydrogen (secondary N) is 1. The molecular weight excluding hydrogens is 262 g/mol. The first kappa shape index (κ1) is 14.0. The first-order chi connectivity index (χ1) is 9.20. The molecule has 1 N–H and O–H groups in total. The van der Waals surface area contributed by atoms with Crippen LogP contribution in [0.2, 0.25) is 5.02 Å². The predicted octanol–water partition coefficient (Wildman–Crippen LogP) is 3.93. The van der Waals surface area contributed by atoms with Gasteiger partial charge in [0.1, 0.15) is 23.9 Å². The van der Waals surface area contributed by atoms with E-state index in [1.165, 1.54) is 0 Å². The third-order valence-corrected chi connectivity index (χ3v) is 3.13. The van der Waals surface area contributed by atoms with Gasteiger partial charge in [-0.1, -0.05) is 30.7 Å². The lowest BCUT2D eigenvalue weighted by atomic mass is 10.2. The maximum Gasteiger partial charge on any atom is 0.146 e. The summed E-state index contributed by atoms with van der Waals surface area (Å²) in [6.45, 7) is 6.16. The van der Waals surface area contributed by atoms with Crippen molar-refractivity contribution in [1.82, 2.24) is 5.32 Å². The second kappa shape index (κ2) is 6.64. The van der Waals surface area contributed by atoms with E-state index in [4.69, 9.17) is 20.8 Å². The molecule has 1 aromatic carbocycles. The lowest BCUT2D eigenvalue weighted by Crippen LogP contribution is -2.11. The van der Waals surface area contributed by atoms with Crippen LogP contribution in [0.15, 0.2) is 34.7 Å². The topological polar surface area (TPSA) is 34.4 Å². The molecule has 0 saturated carbocycles. The van der Waals surface area contributed by atoms with Crippen molar-refractivity contribution >= 4 is 11.6 Å². The molecule has 0 aliphatic heterocycles. The summed E-state index contributed by atoms with van der Waals surface area (Å²) in [5.41, 5.74) is 1.14. The third-order valence-electron chi connectivity index (χ3n) is 2.81. The SMILES string of the molecule is CCNCc1oc(COc2ccccc2Cl)cc1C. The molecule has 0 aliphatic rings. The third kappa shape index (κ3) is 3.75. The number of para-hydroxylation sites is 1. The molecule has 0 bridgehead atoms. The van der Waals surface area contributed by atoms with Crippen LogP contribution in [0.3, 0.4) is 0 Å². The monoisotopic (exact) mass is 279 g/mol. The minimum atomic E-state index is 0.386. The van der Waals surface area contributed by atoms with Crippen LogP contribution in [0, 0.1) is 6.92 Å². The number of benzene rings is 1. The van der Waals surface area contributed by atoms with Crippen molar-refractivity contribution in [2.75, 3.05) is 6.54 Å². The summed E-state index contributed by atoms with van der Waals surface area (Å²) in [5, 5.41) is 3.86. The van der Waals surface area contributed by atoms with Gasteiger partial charge in [0.2, 0.25) is 0 Å². The molecule has 4 heteroatoms. The van der Waals surface area contributed by atoms with Crippen LogP contribution in [0.1, 0.15) is 24.0 Å². The van der Waals surface area contributed by atoms with E-state index in [9.17, 15) is 0 Å². The largest absolute Gasteiger partial charge is 0.484 e. The van der Waals surface area contributed by atoms with Gasteiger partial charge in [-0.2, -0.15) is 0 Å².